The monoisotopic (exact) mass is 548 g/mol. The van der Waals surface area contributed by atoms with E-state index < -0.39 is 12.1 Å². The molecule has 2 amide bonds. The fraction of sp³-hybridized carbons (Fsp3) is 0.792. The van der Waals surface area contributed by atoms with Crippen molar-refractivity contribution in [3.05, 3.63) is 0 Å². The predicted octanol–water partition coefficient (Wildman–Crippen LogP) is 1.06. The third kappa shape index (κ3) is 17.7. The number of amides is 2. The Kier molecular flexibility index (Phi) is 20.4. The molecule has 3 rings (SSSR count). The first-order valence-electron chi connectivity index (χ1n) is 12.4. The van der Waals surface area contributed by atoms with Gasteiger partial charge in [0, 0.05) is 53.4 Å². The summed E-state index contributed by atoms with van der Waals surface area (Å²) in [5.41, 5.74) is 0. The zero-order valence-corrected chi connectivity index (χ0v) is 22.8. The Morgan fingerprint density at radius 2 is 1.46 bits per heavy atom. The highest BCUT2D eigenvalue weighted by Crippen LogP contribution is 2.14. The molecule has 3 N–H and O–H groups in total. The average Bonchev–Trinajstić information content (AvgIpc) is 3.66. The van der Waals surface area contributed by atoms with Crippen molar-refractivity contribution in [2.45, 2.75) is 70.2 Å². The molecule has 0 aliphatic carbocycles. The molecule has 212 valence electrons. The van der Waals surface area contributed by atoms with Gasteiger partial charge in [0.25, 0.3) is 5.91 Å². The highest BCUT2D eigenvalue weighted by atomic mass is 35.5. The van der Waals surface area contributed by atoms with Crippen LogP contribution in [0.25, 0.3) is 0 Å². The molecule has 0 aromatic rings. The molecule has 13 heteroatoms. The Bertz CT molecular complexity index is 712. The van der Waals surface area contributed by atoms with Gasteiger partial charge in [-0.3, -0.25) is 14.4 Å². The summed E-state index contributed by atoms with van der Waals surface area (Å²) in [6.45, 7) is 5.29. The molecule has 3 saturated heterocycles. The van der Waals surface area contributed by atoms with Gasteiger partial charge in [0.2, 0.25) is 11.1 Å². The molecule has 0 aromatic carbocycles. The summed E-state index contributed by atoms with van der Waals surface area (Å²) in [5, 5.41) is 22.0. The molecule has 3 fully saturated rings. The number of hydrogen-bond donors (Lipinski definition) is 3. The molecule has 3 aliphatic heterocycles. The molecule has 3 unspecified atom stereocenters. The molecular weight excluding hydrogens is 508 g/mol. The molecule has 0 aromatic heterocycles. The Balaban J connectivity index is 0.000000500. The van der Waals surface area contributed by atoms with Gasteiger partial charge in [0.05, 0.1) is 12.5 Å². The quantitative estimate of drug-likeness (QED) is 0.294. The van der Waals surface area contributed by atoms with Gasteiger partial charge >= 0.3 is 5.97 Å². The van der Waals surface area contributed by atoms with Crippen molar-refractivity contribution in [3.8, 4) is 6.07 Å². The number of ether oxygens (including phenoxy) is 3. The Labute approximate surface area is 223 Å². The molecule has 3 atom stereocenters. The number of carbonyl (C=O) groups is 4. The third-order valence-electron chi connectivity index (χ3n) is 5.24. The summed E-state index contributed by atoms with van der Waals surface area (Å²) in [7, 11) is 3.57. The fourth-order valence-corrected chi connectivity index (χ4v) is 3.33. The van der Waals surface area contributed by atoms with Gasteiger partial charge in [-0.1, -0.05) is 0 Å². The number of likely N-dealkylation sites (N-methyl/N-ethyl adjacent to an activating group) is 2. The minimum Gasteiger partial charge on any atom is -0.479 e. The van der Waals surface area contributed by atoms with Crippen LogP contribution in [0.1, 0.15) is 51.9 Å². The number of carboxylic acids is 1. The lowest BCUT2D eigenvalue weighted by Crippen LogP contribution is -2.37. The Hall–Kier alpha value is -2.30. The summed E-state index contributed by atoms with van der Waals surface area (Å²) < 4.78 is 15.3. The molecule has 0 radical (unpaired) electrons. The SMILES string of the molecule is CC(=O)Cl.CN(CCC#N)C(=O)C1CCCO1.CNCCNC(=O)C1CCCO1.O=C(O)C1CCCO1. The van der Waals surface area contributed by atoms with Crippen LogP contribution < -0.4 is 10.6 Å². The van der Waals surface area contributed by atoms with E-state index >= 15 is 0 Å². The number of nitriles is 1. The first-order valence-corrected chi connectivity index (χ1v) is 12.8. The molecule has 0 spiro atoms. The lowest BCUT2D eigenvalue weighted by atomic mass is 10.2. The molecule has 0 bridgehead atoms. The van der Waals surface area contributed by atoms with Crippen LogP contribution in [0, 0.1) is 11.3 Å². The minimum absolute atomic E-state index is 0.00718. The molecular formula is C24H41ClN4O8. The predicted molar refractivity (Wildman–Crippen MR) is 136 cm³/mol. The molecule has 12 nitrogen and oxygen atoms in total. The van der Waals surface area contributed by atoms with E-state index in [4.69, 9.17) is 24.6 Å². The zero-order valence-electron chi connectivity index (χ0n) is 22.0. The van der Waals surface area contributed by atoms with Crippen LogP contribution in [0.5, 0.6) is 0 Å². The van der Waals surface area contributed by atoms with Crippen LogP contribution in [0.2, 0.25) is 0 Å². The largest absolute Gasteiger partial charge is 0.479 e. The van der Waals surface area contributed by atoms with E-state index in [1.54, 1.807) is 11.9 Å². The van der Waals surface area contributed by atoms with Crippen LogP contribution in [0.4, 0.5) is 0 Å². The van der Waals surface area contributed by atoms with Gasteiger partial charge in [-0.05, 0) is 57.2 Å². The fourth-order valence-electron chi connectivity index (χ4n) is 3.33. The van der Waals surface area contributed by atoms with E-state index in [1.165, 1.54) is 6.92 Å². The minimum atomic E-state index is -0.831. The number of nitrogens with one attached hydrogen (secondary N) is 2. The number of carbonyl (C=O) groups excluding carboxylic acids is 3. The molecule has 37 heavy (non-hydrogen) atoms. The van der Waals surface area contributed by atoms with E-state index in [-0.39, 0.29) is 29.3 Å². The van der Waals surface area contributed by atoms with E-state index in [0.717, 1.165) is 45.3 Å². The first-order chi connectivity index (χ1) is 17.6. The Morgan fingerprint density at radius 1 is 0.973 bits per heavy atom. The van der Waals surface area contributed by atoms with Crippen LogP contribution in [0.3, 0.4) is 0 Å². The Morgan fingerprint density at radius 3 is 1.84 bits per heavy atom. The van der Waals surface area contributed by atoms with Crippen molar-refractivity contribution < 1.29 is 38.5 Å². The van der Waals surface area contributed by atoms with Crippen molar-refractivity contribution in [1.29, 1.82) is 5.26 Å². The lowest BCUT2D eigenvalue weighted by molar-refractivity contribution is -0.147. The van der Waals surface area contributed by atoms with Crippen molar-refractivity contribution in [3.63, 3.8) is 0 Å². The number of carboxylic acid groups (broad SMARTS) is 1. The maximum atomic E-state index is 11.5. The summed E-state index contributed by atoms with van der Waals surface area (Å²) in [5.74, 6) is -0.794. The van der Waals surface area contributed by atoms with Gasteiger partial charge in [0.15, 0.2) is 6.10 Å². The second-order valence-corrected chi connectivity index (χ2v) is 8.91. The average molecular weight is 549 g/mol. The second kappa shape index (κ2) is 21.8. The summed E-state index contributed by atoms with van der Waals surface area (Å²) >= 11 is 4.64. The van der Waals surface area contributed by atoms with Gasteiger partial charge in [-0.2, -0.15) is 5.26 Å². The van der Waals surface area contributed by atoms with E-state index in [2.05, 4.69) is 22.2 Å². The third-order valence-corrected chi connectivity index (χ3v) is 5.24. The van der Waals surface area contributed by atoms with E-state index in [9.17, 15) is 19.2 Å². The topological polar surface area (TPSA) is 167 Å². The molecule has 0 saturated carbocycles. The zero-order chi connectivity index (χ0) is 28.1. The van der Waals surface area contributed by atoms with E-state index in [0.29, 0.717) is 39.1 Å². The highest BCUT2D eigenvalue weighted by Gasteiger charge is 2.26. The summed E-state index contributed by atoms with van der Waals surface area (Å²) in [6.07, 6.45) is 4.62. The van der Waals surface area contributed by atoms with Gasteiger partial charge < -0.3 is 34.9 Å². The smallest absolute Gasteiger partial charge is 0.332 e. The number of halogens is 1. The van der Waals surface area contributed by atoms with Gasteiger partial charge in [-0.25, -0.2) is 4.79 Å². The maximum absolute atomic E-state index is 11.5. The number of nitrogens with zero attached hydrogens (tertiary/aromatic N) is 2. The standard InChI is InChI=1S/C9H14N2O2.C8H16N2O2.C5H8O3.C2H3ClO/c1-11(6-3-5-10)9(12)8-4-2-7-13-8;1-9-4-5-10-8(11)7-3-2-6-12-7;6-5(7)4-2-1-3-8-4;1-2(3)4/h8H,2-4,6-7H2,1H3;7,9H,2-6H2,1H3,(H,10,11);4H,1-3H2,(H,6,7);1H3. The van der Waals surface area contributed by atoms with Crippen molar-refractivity contribution in [2.75, 3.05) is 53.6 Å². The maximum Gasteiger partial charge on any atom is 0.332 e. The summed E-state index contributed by atoms with van der Waals surface area (Å²) in [4.78, 5) is 43.7. The number of rotatable bonds is 8. The normalized spacial score (nSPS) is 21.5. The lowest BCUT2D eigenvalue weighted by Gasteiger charge is -2.18. The van der Waals surface area contributed by atoms with Gasteiger partial charge in [-0.15, -0.1) is 0 Å². The van der Waals surface area contributed by atoms with Crippen molar-refractivity contribution >= 4 is 34.6 Å². The van der Waals surface area contributed by atoms with Crippen molar-refractivity contribution in [1.82, 2.24) is 15.5 Å². The number of hydrogen-bond acceptors (Lipinski definition) is 9. The van der Waals surface area contributed by atoms with E-state index in [1.807, 2.05) is 13.1 Å². The van der Waals surface area contributed by atoms with Crippen LogP contribution in [-0.4, -0.2) is 105 Å². The molecule has 3 heterocycles. The molecule has 3 aliphatic rings. The van der Waals surface area contributed by atoms with Crippen molar-refractivity contribution in [2.24, 2.45) is 0 Å². The van der Waals surface area contributed by atoms with Crippen LogP contribution in [0.15, 0.2) is 0 Å². The number of aliphatic carboxylic acids is 1. The highest BCUT2D eigenvalue weighted by molar-refractivity contribution is 6.62. The van der Waals surface area contributed by atoms with Crippen LogP contribution in [-0.2, 0) is 33.4 Å². The summed E-state index contributed by atoms with van der Waals surface area (Å²) in [6, 6.07) is 2.01. The first kappa shape index (κ1) is 34.7. The van der Waals surface area contributed by atoms with Crippen LogP contribution >= 0.6 is 11.6 Å². The van der Waals surface area contributed by atoms with Gasteiger partial charge in [0.1, 0.15) is 12.2 Å². The second-order valence-electron chi connectivity index (χ2n) is 8.38.